The third kappa shape index (κ3) is 4.53. The minimum atomic E-state index is 0.167. The molecular formula is C14H25N3O. The highest BCUT2D eigenvalue weighted by Crippen LogP contribution is 2.26. The van der Waals surface area contributed by atoms with E-state index < -0.39 is 0 Å². The van der Waals surface area contributed by atoms with Gasteiger partial charge in [-0.3, -0.25) is 0 Å². The Bertz CT molecular complexity index is 342. The van der Waals surface area contributed by atoms with E-state index in [2.05, 4.69) is 22.1 Å². The van der Waals surface area contributed by atoms with Crippen LogP contribution in [0, 0.1) is 0 Å². The van der Waals surface area contributed by atoms with Gasteiger partial charge in [-0.05, 0) is 39.4 Å². The van der Waals surface area contributed by atoms with Gasteiger partial charge in [-0.15, -0.1) is 0 Å². The van der Waals surface area contributed by atoms with Gasteiger partial charge in [-0.2, -0.15) is 0 Å². The number of aromatic nitrogens is 1. The lowest BCUT2D eigenvalue weighted by Crippen LogP contribution is -2.32. The SMILES string of the molecule is CCCN(CCNC)c1ncccc1OC(C)C. The summed E-state index contributed by atoms with van der Waals surface area (Å²) >= 11 is 0. The van der Waals surface area contributed by atoms with Gasteiger partial charge in [0.25, 0.3) is 0 Å². The molecule has 102 valence electrons. The Morgan fingerprint density at radius 3 is 2.78 bits per heavy atom. The molecule has 1 aromatic rings. The number of ether oxygens (including phenoxy) is 1. The molecule has 0 fully saturated rings. The molecule has 0 radical (unpaired) electrons. The highest BCUT2D eigenvalue weighted by molar-refractivity contribution is 5.52. The second-order valence-electron chi connectivity index (χ2n) is 4.58. The van der Waals surface area contributed by atoms with Crippen molar-refractivity contribution in [3.05, 3.63) is 18.3 Å². The maximum absolute atomic E-state index is 5.83. The van der Waals surface area contributed by atoms with Crippen molar-refractivity contribution in [3.63, 3.8) is 0 Å². The van der Waals surface area contributed by atoms with Crippen LogP contribution in [-0.4, -0.2) is 37.8 Å². The van der Waals surface area contributed by atoms with E-state index in [1.807, 2.05) is 39.2 Å². The molecule has 18 heavy (non-hydrogen) atoms. The van der Waals surface area contributed by atoms with E-state index in [4.69, 9.17) is 4.74 Å². The maximum atomic E-state index is 5.83. The van der Waals surface area contributed by atoms with Crippen molar-refractivity contribution >= 4 is 5.82 Å². The summed E-state index contributed by atoms with van der Waals surface area (Å²) < 4.78 is 5.83. The molecule has 1 heterocycles. The number of likely N-dealkylation sites (N-methyl/N-ethyl adjacent to an activating group) is 1. The van der Waals surface area contributed by atoms with Crippen molar-refractivity contribution in [2.45, 2.75) is 33.3 Å². The fourth-order valence-corrected chi connectivity index (χ4v) is 1.81. The Morgan fingerprint density at radius 1 is 1.39 bits per heavy atom. The molecule has 1 rings (SSSR count). The molecule has 0 spiro atoms. The molecule has 1 aromatic heterocycles. The fraction of sp³-hybridized carbons (Fsp3) is 0.643. The molecule has 0 saturated heterocycles. The Hall–Kier alpha value is -1.29. The number of nitrogens with zero attached hydrogens (tertiary/aromatic N) is 2. The molecule has 0 aliphatic heterocycles. The first kappa shape index (κ1) is 14.8. The molecule has 4 nitrogen and oxygen atoms in total. The molecule has 1 N–H and O–H groups in total. The number of nitrogens with one attached hydrogen (secondary N) is 1. The second kappa shape index (κ2) is 7.93. The first-order valence-electron chi connectivity index (χ1n) is 6.70. The maximum Gasteiger partial charge on any atom is 0.171 e. The van der Waals surface area contributed by atoms with E-state index in [1.165, 1.54) is 0 Å². The molecule has 0 bridgehead atoms. The van der Waals surface area contributed by atoms with Gasteiger partial charge in [-0.1, -0.05) is 6.92 Å². The molecule has 0 aromatic carbocycles. The van der Waals surface area contributed by atoms with Crippen molar-refractivity contribution in [2.75, 3.05) is 31.6 Å². The van der Waals surface area contributed by atoms with Crippen LogP contribution in [0.2, 0.25) is 0 Å². The van der Waals surface area contributed by atoms with Crippen LogP contribution in [0.1, 0.15) is 27.2 Å². The van der Waals surface area contributed by atoms with Gasteiger partial charge in [0.1, 0.15) is 0 Å². The normalized spacial score (nSPS) is 10.7. The lowest BCUT2D eigenvalue weighted by atomic mass is 10.3. The van der Waals surface area contributed by atoms with Crippen molar-refractivity contribution in [3.8, 4) is 5.75 Å². The average molecular weight is 251 g/mol. The summed E-state index contributed by atoms with van der Waals surface area (Å²) in [6.07, 6.45) is 3.09. The number of hydrogen-bond acceptors (Lipinski definition) is 4. The van der Waals surface area contributed by atoms with E-state index in [-0.39, 0.29) is 6.10 Å². The van der Waals surface area contributed by atoms with E-state index in [1.54, 1.807) is 0 Å². The number of rotatable bonds is 8. The van der Waals surface area contributed by atoms with Crippen LogP contribution in [0.4, 0.5) is 5.82 Å². The fourth-order valence-electron chi connectivity index (χ4n) is 1.81. The largest absolute Gasteiger partial charge is 0.487 e. The topological polar surface area (TPSA) is 37.4 Å². The predicted molar refractivity (Wildman–Crippen MR) is 76.4 cm³/mol. The molecule has 0 aliphatic rings. The van der Waals surface area contributed by atoms with Gasteiger partial charge < -0.3 is 15.0 Å². The molecule has 4 heteroatoms. The second-order valence-corrected chi connectivity index (χ2v) is 4.58. The molecule has 0 amide bonds. The van der Waals surface area contributed by atoms with Crippen LogP contribution < -0.4 is 15.0 Å². The summed E-state index contributed by atoms with van der Waals surface area (Å²) in [5.41, 5.74) is 0. The van der Waals surface area contributed by atoms with Crippen LogP contribution in [0.15, 0.2) is 18.3 Å². The van der Waals surface area contributed by atoms with Crippen molar-refractivity contribution in [2.24, 2.45) is 0 Å². The van der Waals surface area contributed by atoms with Crippen LogP contribution in [0.3, 0.4) is 0 Å². The lowest BCUT2D eigenvalue weighted by Gasteiger charge is -2.25. The predicted octanol–water partition coefficient (Wildman–Crippen LogP) is 2.30. The monoisotopic (exact) mass is 251 g/mol. The van der Waals surface area contributed by atoms with Crippen LogP contribution in [-0.2, 0) is 0 Å². The van der Waals surface area contributed by atoms with Crippen molar-refractivity contribution in [1.82, 2.24) is 10.3 Å². The van der Waals surface area contributed by atoms with E-state index in [0.29, 0.717) is 0 Å². The molecule has 0 aliphatic carbocycles. The Labute approximate surface area is 110 Å². The zero-order valence-corrected chi connectivity index (χ0v) is 11.9. The van der Waals surface area contributed by atoms with Crippen LogP contribution >= 0.6 is 0 Å². The third-order valence-corrected chi connectivity index (χ3v) is 2.54. The summed E-state index contributed by atoms with van der Waals surface area (Å²) in [4.78, 5) is 6.75. The summed E-state index contributed by atoms with van der Waals surface area (Å²) in [7, 11) is 1.97. The summed E-state index contributed by atoms with van der Waals surface area (Å²) in [5, 5.41) is 3.18. The highest BCUT2D eigenvalue weighted by atomic mass is 16.5. The zero-order chi connectivity index (χ0) is 13.4. The Morgan fingerprint density at radius 2 is 2.17 bits per heavy atom. The molecular weight excluding hydrogens is 226 g/mol. The van der Waals surface area contributed by atoms with Crippen LogP contribution in [0.5, 0.6) is 5.75 Å². The minimum absolute atomic E-state index is 0.167. The number of anilines is 1. The van der Waals surface area contributed by atoms with Crippen LogP contribution in [0.25, 0.3) is 0 Å². The van der Waals surface area contributed by atoms with E-state index >= 15 is 0 Å². The number of hydrogen-bond donors (Lipinski definition) is 1. The van der Waals surface area contributed by atoms with Gasteiger partial charge in [0.2, 0.25) is 0 Å². The smallest absolute Gasteiger partial charge is 0.171 e. The van der Waals surface area contributed by atoms with E-state index in [9.17, 15) is 0 Å². The van der Waals surface area contributed by atoms with Gasteiger partial charge >= 0.3 is 0 Å². The summed E-state index contributed by atoms with van der Waals surface area (Å²) in [5.74, 6) is 1.82. The quantitative estimate of drug-likeness (QED) is 0.769. The first-order valence-corrected chi connectivity index (χ1v) is 6.70. The molecule has 0 unspecified atom stereocenters. The van der Waals surface area contributed by atoms with Gasteiger partial charge in [0.15, 0.2) is 11.6 Å². The summed E-state index contributed by atoms with van der Waals surface area (Å²) in [6, 6.07) is 3.91. The molecule has 0 atom stereocenters. The van der Waals surface area contributed by atoms with Gasteiger partial charge in [0.05, 0.1) is 6.10 Å². The van der Waals surface area contributed by atoms with Gasteiger partial charge in [-0.25, -0.2) is 4.98 Å². The Kier molecular flexibility index (Phi) is 6.50. The van der Waals surface area contributed by atoms with Crippen molar-refractivity contribution in [1.29, 1.82) is 0 Å². The zero-order valence-electron chi connectivity index (χ0n) is 11.9. The Balaban J connectivity index is 2.87. The van der Waals surface area contributed by atoms with Crippen molar-refractivity contribution < 1.29 is 4.74 Å². The third-order valence-electron chi connectivity index (χ3n) is 2.54. The lowest BCUT2D eigenvalue weighted by molar-refractivity contribution is 0.242. The number of pyridine rings is 1. The van der Waals surface area contributed by atoms with E-state index in [0.717, 1.165) is 37.6 Å². The average Bonchev–Trinajstić information content (AvgIpc) is 2.35. The summed E-state index contributed by atoms with van der Waals surface area (Å²) in [6.45, 7) is 9.13. The standard InChI is InChI=1S/C14H25N3O/c1-5-10-17(11-9-15-4)14-13(18-12(2)3)7-6-8-16-14/h6-8,12,15H,5,9-11H2,1-4H3. The highest BCUT2D eigenvalue weighted by Gasteiger charge is 2.13. The van der Waals surface area contributed by atoms with Gasteiger partial charge in [0, 0.05) is 25.8 Å². The first-order chi connectivity index (χ1) is 8.69. The molecule has 0 saturated carbocycles. The minimum Gasteiger partial charge on any atom is -0.487 e.